The summed E-state index contributed by atoms with van der Waals surface area (Å²) in [4.78, 5) is 50.9. The molecule has 7 rings (SSSR count). The van der Waals surface area contributed by atoms with Crippen LogP contribution in [0, 0.1) is 17.8 Å². The SMILES string of the molecule is O=C1CCC(N2C(=O)c3cccc(NCCCCCCCNC45CC6CC(CC4C6)C5)c3C2=O)C(=O)N1. The molecule has 1 aromatic rings. The number of piperidine rings is 1. The van der Waals surface area contributed by atoms with Crippen molar-refractivity contribution in [3.05, 3.63) is 29.3 Å². The summed E-state index contributed by atoms with van der Waals surface area (Å²) in [5, 5.41) is 9.57. The fraction of sp³-hybridized carbons (Fsp3) is 0.655. The van der Waals surface area contributed by atoms with Crippen LogP contribution in [-0.4, -0.2) is 53.2 Å². The number of nitrogens with zero attached hydrogens (tertiary/aromatic N) is 1. The predicted octanol–water partition coefficient (Wildman–Crippen LogP) is 3.62. The Balaban J connectivity index is 0.930. The number of benzene rings is 1. The van der Waals surface area contributed by atoms with E-state index in [0.29, 0.717) is 22.4 Å². The molecule has 0 radical (unpaired) electrons. The Morgan fingerprint density at radius 1 is 0.892 bits per heavy atom. The highest BCUT2D eigenvalue weighted by molar-refractivity contribution is 6.25. The van der Waals surface area contributed by atoms with Gasteiger partial charge in [0.2, 0.25) is 11.8 Å². The van der Waals surface area contributed by atoms with Gasteiger partial charge in [-0.2, -0.15) is 0 Å². The molecule has 0 aromatic heterocycles. The third-order valence-corrected chi connectivity index (χ3v) is 9.60. The quantitative estimate of drug-likeness (QED) is 0.313. The van der Waals surface area contributed by atoms with E-state index in [1.807, 2.05) is 6.07 Å². The number of carbonyl (C=O) groups excluding carboxylic acids is 4. The topological polar surface area (TPSA) is 108 Å². The summed E-state index contributed by atoms with van der Waals surface area (Å²) in [5.41, 5.74) is 1.77. The number of amides is 4. The van der Waals surface area contributed by atoms with Gasteiger partial charge >= 0.3 is 0 Å². The van der Waals surface area contributed by atoms with Gasteiger partial charge in [0.25, 0.3) is 11.8 Å². The summed E-state index contributed by atoms with van der Waals surface area (Å²) in [6.45, 7) is 1.87. The maximum absolute atomic E-state index is 13.2. The zero-order chi connectivity index (χ0) is 25.6. The van der Waals surface area contributed by atoms with Crippen LogP contribution in [0.3, 0.4) is 0 Å². The molecule has 4 aliphatic carbocycles. The minimum Gasteiger partial charge on any atom is -0.384 e. The first-order chi connectivity index (χ1) is 17.9. The van der Waals surface area contributed by atoms with E-state index >= 15 is 0 Å². The highest BCUT2D eigenvalue weighted by Crippen LogP contribution is 2.60. The second-order valence-electron chi connectivity index (χ2n) is 12.0. The number of rotatable bonds is 11. The zero-order valence-electron chi connectivity index (χ0n) is 21.5. The molecule has 3 N–H and O–H groups in total. The largest absolute Gasteiger partial charge is 0.384 e. The Bertz CT molecular complexity index is 1100. The lowest BCUT2D eigenvalue weighted by Crippen LogP contribution is -2.54. The van der Waals surface area contributed by atoms with Crippen molar-refractivity contribution in [2.24, 2.45) is 17.8 Å². The number of carbonyl (C=O) groups is 4. The van der Waals surface area contributed by atoms with E-state index in [4.69, 9.17) is 0 Å². The Kier molecular flexibility index (Phi) is 6.55. The lowest BCUT2D eigenvalue weighted by atomic mass is 9.80. The van der Waals surface area contributed by atoms with Crippen LogP contribution in [0.4, 0.5) is 5.69 Å². The molecule has 0 spiro atoms. The van der Waals surface area contributed by atoms with Crippen molar-refractivity contribution in [2.45, 2.75) is 88.6 Å². The lowest BCUT2D eigenvalue weighted by molar-refractivity contribution is -0.136. The van der Waals surface area contributed by atoms with E-state index in [9.17, 15) is 19.2 Å². The molecule has 2 heterocycles. The summed E-state index contributed by atoms with van der Waals surface area (Å²) >= 11 is 0. The number of unbranched alkanes of at least 4 members (excludes halogenated alkanes) is 4. The highest BCUT2D eigenvalue weighted by Gasteiger charge is 2.57. The molecule has 198 valence electrons. The fourth-order valence-electron chi connectivity index (χ4n) is 8.09. The Hall–Kier alpha value is -2.74. The van der Waals surface area contributed by atoms with Gasteiger partial charge in [-0.25, -0.2) is 0 Å². The molecule has 37 heavy (non-hydrogen) atoms. The van der Waals surface area contributed by atoms with Crippen LogP contribution >= 0.6 is 0 Å². The molecule has 6 aliphatic rings. The minimum absolute atomic E-state index is 0.118. The molecule has 4 saturated carbocycles. The lowest BCUT2D eigenvalue weighted by Gasteiger charge is -2.34. The molecular formula is C29H38N4O4. The second-order valence-corrected chi connectivity index (χ2v) is 12.0. The van der Waals surface area contributed by atoms with Gasteiger partial charge < -0.3 is 10.6 Å². The smallest absolute Gasteiger partial charge is 0.264 e. The molecule has 4 amide bonds. The molecule has 1 aromatic carbocycles. The van der Waals surface area contributed by atoms with Crippen molar-refractivity contribution < 1.29 is 19.2 Å². The predicted molar refractivity (Wildman–Crippen MR) is 139 cm³/mol. The van der Waals surface area contributed by atoms with Crippen molar-refractivity contribution in [3.8, 4) is 0 Å². The summed E-state index contributed by atoms with van der Waals surface area (Å²) < 4.78 is 0. The molecule has 1 saturated heterocycles. The second kappa shape index (κ2) is 9.86. The Labute approximate surface area is 218 Å². The van der Waals surface area contributed by atoms with E-state index in [1.165, 1.54) is 51.4 Å². The van der Waals surface area contributed by atoms with E-state index in [0.717, 1.165) is 48.6 Å². The van der Waals surface area contributed by atoms with Crippen molar-refractivity contribution >= 4 is 29.3 Å². The third-order valence-electron chi connectivity index (χ3n) is 9.60. The van der Waals surface area contributed by atoms with Crippen molar-refractivity contribution in [1.82, 2.24) is 15.5 Å². The van der Waals surface area contributed by atoms with Gasteiger partial charge in [-0.05, 0) is 87.8 Å². The average Bonchev–Trinajstić information content (AvgIpc) is 3.37. The van der Waals surface area contributed by atoms with Crippen LogP contribution in [0.1, 0.15) is 97.8 Å². The standard InChI is InChI=1S/C29H38N4O4/c34-24-10-9-23(26(35)32-24)33-27(36)21-7-6-8-22(25(21)28(33)37)30-11-4-2-1-3-5-12-31-29-16-18-13-19(17-29)15-20(29)14-18/h6-8,18-20,23,30-31H,1-5,9-17H2,(H,32,34,35). The van der Waals surface area contributed by atoms with Crippen molar-refractivity contribution in [2.75, 3.05) is 18.4 Å². The zero-order valence-corrected chi connectivity index (χ0v) is 21.5. The normalized spacial score (nSPS) is 31.8. The average molecular weight is 507 g/mol. The number of imide groups is 2. The van der Waals surface area contributed by atoms with Gasteiger partial charge in [-0.3, -0.25) is 29.4 Å². The highest BCUT2D eigenvalue weighted by atomic mass is 16.2. The van der Waals surface area contributed by atoms with Gasteiger partial charge in [0.15, 0.2) is 0 Å². The Morgan fingerprint density at radius 2 is 1.62 bits per heavy atom. The molecule has 3 unspecified atom stereocenters. The summed E-state index contributed by atoms with van der Waals surface area (Å²) in [7, 11) is 0. The van der Waals surface area contributed by atoms with Gasteiger partial charge in [-0.15, -0.1) is 0 Å². The van der Waals surface area contributed by atoms with Gasteiger partial charge in [0.05, 0.1) is 11.1 Å². The van der Waals surface area contributed by atoms with Crippen LogP contribution in [0.15, 0.2) is 18.2 Å². The third kappa shape index (κ3) is 4.47. The number of fused-ring (bicyclic) bond motifs is 1. The Morgan fingerprint density at radius 3 is 2.38 bits per heavy atom. The van der Waals surface area contributed by atoms with E-state index in [-0.39, 0.29) is 18.7 Å². The van der Waals surface area contributed by atoms with Crippen LogP contribution in [-0.2, 0) is 9.59 Å². The van der Waals surface area contributed by atoms with Gasteiger partial charge in [0.1, 0.15) is 6.04 Å². The number of hydrogen-bond donors (Lipinski definition) is 3. The van der Waals surface area contributed by atoms with Crippen LogP contribution in [0.25, 0.3) is 0 Å². The minimum atomic E-state index is -0.939. The van der Waals surface area contributed by atoms with Crippen LogP contribution in [0.2, 0.25) is 0 Å². The molecule has 5 fully saturated rings. The monoisotopic (exact) mass is 506 g/mol. The van der Waals surface area contributed by atoms with E-state index in [2.05, 4.69) is 16.0 Å². The summed E-state index contributed by atoms with van der Waals surface area (Å²) in [5.74, 6) is 1.05. The first kappa shape index (κ1) is 24.6. The first-order valence-electron chi connectivity index (χ1n) is 14.3. The van der Waals surface area contributed by atoms with E-state index < -0.39 is 23.8 Å². The number of hydrogen-bond acceptors (Lipinski definition) is 6. The molecule has 4 bridgehead atoms. The van der Waals surface area contributed by atoms with Crippen molar-refractivity contribution in [3.63, 3.8) is 0 Å². The van der Waals surface area contributed by atoms with Gasteiger partial charge in [-0.1, -0.05) is 25.3 Å². The molecule has 8 heteroatoms. The molecular weight excluding hydrogens is 468 g/mol. The fourth-order valence-corrected chi connectivity index (χ4v) is 8.09. The number of anilines is 1. The maximum atomic E-state index is 13.2. The maximum Gasteiger partial charge on any atom is 0.264 e. The molecule has 8 nitrogen and oxygen atoms in total. The summed E-state index contributed by atoms with van der Waals surface area (Å²) in [6.07, 6.45) is 13.3. The van der Waals surface area contributed by atoms with Crippen LogP contribution < -0.4 is 16.0 Å². The number of nitrogens with one attached hydrogen (secondary N) is 3. The summed E-state index contributed by atoms with van der Waals surface area (Å²) in [6, 6.07) is 4.26. The van der Waals surface area contributed by atoms with Gasteiger partial charge in [0, 0.05) is 24.2 Å². The molecule has 2 aliphatic heterocycles. The van der Waals surface area contributed by atoms with E-state index in [1.54, 1.807) is 12.1 Å². The van der Waals surface area contributed by atoms with Crippen LogP contribution in [0.5, 0.6) is 0 Å². The van der Waals surface area contributed by atoms with Crippen molar-refractivity contribution in [1.29, 1.82) is 0 Å². The first-order valence-corrected chi connectivity index (χ1v) is 14.3. The molecule has 3 atom stereocenters.